The number of carbonyl (C=O) groups excluding carboxylic acids is 1. The summed E-state index contributed by atoms with van der Waals surface area (Å²) in [6, 6.07) is 8.94. The smallest absolute Gasteiger partial charge is 0.244 e. The van der Waals surface area contributed by atoms with Crippen molar-refractivity contribution < 1.29 is 4.79 Å². The second kappa shape index (κ2) is 8.55. The number of amides is 1. The van der Waals surface area contributed by atoms with Crippen LogP contribution in [0.25, 0.3) is 0 Å². The Morgan fingerprint density at radius 1 is 1.15 bits per heavy atom. The maximum absolute atomic E-state index is 12.2. The number of aromatic nitrogens is 1. The van der Waals surface area contributed by atoms with Crippen LogP contribution in [0.1, 0.15) is 71.8 Å². The zero-order valence-electron chi connectivity index (χ0n) is 17.0. The molecule has 1 aromatic carbocycles. The summed E-state index contributed by atoms with van der Waals surface area (Å²) < 4.78 is 2.46. The molecule has 1 aromatic heterocycles. The summed E-state index contributed by atoms with van der Waals surface area (Å²) in [6.45, 7) is 8.42. The summed E-state index contributed by atoms with van der Waals surface area (Å²) in [7, 11) is 0. The van der Waals surface area contributed by atoms with Gasteiger partial charge in [0.1, 0.15) is 0 Å². The van der Waals surface area contributed by atoms with E-state index in [2.05, 4.69) is 48.0 Å². The van der Waals surface area contributed by atoms with Gasteiger partial charge in [0.2, 0.25) is 5.91 Å². The minimum absolute atomic E-state index is 0.0840. The van der Waals surface area contributed by atoms with Gasteiger partial charge in [0.05, 0.1) is 12.6 Å². The predicted octanol–water partition coefficient (Wildman–Crippen LogP) is 4.92. The van der Waals surface area contributed by atoms with E-state index in [0.29, 0.717) is 12.5 Å². The van der Waals surface area contributed by atoms with Gasteiger partial charge in [-0.15, -0.1) is 0 Å². The lowest BCUT2D eigenvalue weighted by Gasteiger charge is -2.26. The van der Waals surface area contributed by atoms with E-state index < -0.39 is 0 Å². The van der Waals surface area contributed by atoms with Crippen molar-refractivity contribution in [2.75, 3.05) is 0 Å². The van der Waals surface area contributed by atoms with E-state index in [1.54, 1.807) is 6.21 Å². The minimum Gasteiger partial charge on any atom is -0.345 e. The molecule has 4 heteroatoms. The fourth-order valence-corrected chi connectivity index (χ4v) is 4.26. The topological polar surface area (TPSA) is 46.4 Å². The summed E-state index contributed by atoms with van der Waals surface area (Å²) in [5.74, 6) is -0.0840. The van der Waals surface area contributed by atoms with Crippen molar-refractivity contribution in [2.45, 2.75) is 72.3 Å². The van der Waals surface area contributed by atoms with Crippen molar-refractivity contribution in [1.29, 1.82) is 0 Å². The molecule has 1 aliphatic rings. The Kier molecular flexibility index (Phi) is 6.15. The zero-order valence-corrected chi connectivity index (χ0v) is 17.0. The van der Waals surface area contributed by atoms with Crippen LogP contribution in [0.15, 0.2) is 29.4 Å². The molecule has 1 saturated carbocycles. The molecule has 0 aliphatic heterocycles. The molecule has 0 atom stereocenters. The highest BCUT2D eigenvalue weighted by Gasteiger charge is 2.19. The molecule has 0 bridgehead atoms. The van der Waals surface area contributed by atoms with Crippen LogP contribution in [-0.4, -0.2) is 16.7 Å². The predicted molar refractivity (Wildman–Crippen MR) is 111 cm³/mol. The molecule has 0 saturated heterocycles. The van der Waals surface area contributed by atoms with Crippen molar-refractivity contribution in [2.24, 2.45) is 5.10 Å². The number of hydrogen-bond acceptors (Lipinski definition) is 2. The number of benzene rings is 1. The van der Waals surface area contributed by atoms with Gasteiger partial charge in [-0.3, -0.25) is 4.79 Å². The highest BCUT2D eigenvalue weighted by Crippen LogP contribution is 2.31. The Morgan fingerprint density at radius 3 is 2.59 bits per heavy atom. The monoisotopic (exact) mass is 365 g/mol. The number of nitrogens with zero attached hydrogens (tertiary/aromatic N) is 2. The molecule has 1 fully saturated rings. The highest BCUT2D eigenvalue weighted by molar-refractivity contribution is 5.84. The third kappa shape index (κ3) is 4.68. The van der Waals surface area contributed by atoms with Gasteiger partial charge in [-0.1, -0.05) is 43.0 Å². The Labute approximate surface area is 162 Å². The lowest BCUT2D eigenvalue weighted by molar-refractivity contribution is -0.120. The molecule has 2 aromatic rings. The first kappa shape index (κ1) is 19.4. The van der Waals surface area contributed by atoms with Crippen LogP contribution >= 0.6 is 0 Å². The molecule has 4 nitrogen and oxygen atoms in total. The van der Waals surface area contributed by atoms with Gasteiger partial charge >= 0.3 is 0 Å². The molecule has 3 rings (SSSR count). The van der Waals surface area contributed by atoms with Crippen LogP contribution in [-0.2, 0) is 11.2 Å². The third-order valence-corrected chi connectivity index (χ3v) is 5.71. The van der Waals surface area contributed by atoms with Gasteiger partial charge in [-0.05, 0) is 57.7 Å². The fourth-order valence-electron chi connectivity index (χ4n) is 4.26. The molecule has 0 spiro atoms. The second-order valence-corrected chi connectivity index (χ2v) is 7.89. The Balaban J connectivity index is 1.63. The van der Waals surface area contributed by atoms with E-state index in [1.807, 2.05) is 19.1 Å². The average Bonchev–Trinajstić information content (AvgIpc) is 2.92. The summed E-state index contributed by atoms with van der Waals surface area (Å²) in [4.78, 5) is 12.2. The van der Waals surface area contributed by atoms with Crippen LogP contribution in [0.2, 0.25) is 0 Å². The van der Waals surface area contributed by atoms with E-state index in [-0.39, 0.29) is 5.91 Å². The zero-order chi connectivity index (χ0) is 19.4. The molecule has 27 heavy (non-hydrogen) atoms. The summed E-state index contributed by atoms with van der Waals surface area (Å²) >= 11 is 0. The molecule has 1 heterocycles. The third-order valence-electron chi connectivity index (χ3n) is 5.71. The lowest BCUT2D eigenvalue weighted by atomic mass is 9.95. The Morgan fingerprint density at radius 2 is 1.89 bits per heavy atom. The normalized spacial score (nSPS) is 15.4. The first-order chi connectivity index (χ1) is 13.0. The Bertz CT molecular complexity index is 842. The fraction of sp³-hybridized carbons (Fsp3) is 0.478. The van der Waals surface area contributed by atoms with Gasteiger partial charge in [-0.25, -0.2) is 5.43 Å². The molecule has 0 radical (unpaired) electrons. The molecule has 1 N–H and O–H groups in total. The van der Waals surface area contributed by atoms with E-state index >= 15 is 0 Å². The SMILES string of the molecule is Cc1ccc(CC(=O)N/N=C/c2cc(C)n(C3CCCCC3)c2C)c(C)c1. The molecule has 0 unspecified atom stereocenters. The van der Waals surface area contributed by atoms with Gasteiger partial charge < -0.3 is 4.57 Å². The molecular weight excluding hydrogens is 334 g/mol. The molecule has 144 valence electrons. The highest BCUT2D eigenvalue weighted by atomic mass is 16.2. The van der Waals surface area contributed by atoms with Crippen LogP contribution in [0.5, 0.6) is 0 Å². The van der Waals surface area contributed by atoms with Crippen LogP contribution in [0.3, 0.4) is 0 Å². The number of nitrogens with one attached hydrogen (secondary N) is 1. The summed E-state index contributed by atoms with van der Waals surface area (Å²) in [5.41, 5.74) is 9.69. The quantitative estimate of drug-likeness (QED) is 0.593. The first-order valence-corrected chi connectivity index (χ1v) is 10.0. The number of hydrazone groups is 1. The van der Waals surface area contributed by atoms with E-state index in [4.69, 9.17) is 0 Å². The molecule has 1 aliphatic carbocycles. The van der Waals surface area contributed by atoms with Crippen molar-refractivity contribution in [1.82, 2.24) is 9.99 Å². The van der Waals surface area contributed by atoms with E-state index in [9.17, 15) is 4.79 Å². The number of carbonyl (C=O) groups is 1. The number of aryl methyl sites for hydroxylation is 3. The first-order valence-electron chi connectivity index (χ1n) is 10.0. The van der Waals surface area contributed by atoms with Crippen molar-refractivity contribution in [3.8, 4) is 0 Å². The van der Waals surface area contributed by atoms with Gasteiger partial charge in [0.15, 0.2) is 0 Å². The molecular formula is C23H31N3O. The van der Waals surface area contributed by atoms with Gasteiger partial charge in [0, 0.05) is 23.0 Å². The van der Waals surface area contributed by atoms with Gasteiger partial charge in [0.25, 0.3) is 0 Å². The second-order valence-electron chi connectivity index (χ2n) is 7.89. The minimum atomic E-state index is -0.0840. The van der Waals surface area contributed by atoms with E-state index in [0.717, 1.165) is 16.7 Å². The standard InChI is InChI=1S/C23H31N3O/c1-16-10-11-20(17(2)12-16)14-23(27)25-24-15-21-13-18(3)26(19(21)4)22-8-6-5-7-9-22/h10-13,15,22H,5-9,14H2,1-4H3,(H,25,27)/b24-15+. The maximum Gasteiger partial charge on any atom is 0.244 e. The van der Waals surface area contributed by atoms with E-state index in [1.165, 1.54) is 49.1 Å². The van der Waals surface area contributed by atoms with Crippen LogP contribution in [0.4, 0.5) is 0 Å². The number of rotatable bonds is 5. The Hall–Kier alpha value is -2.36. The van der Waals surface area contributed by atoms with Crippen LogP contribution < -0.4 is 5.43 Å². The van der Waals surface area contributed by atoms with Crippen LogP contribution in [0, 0.1) is 27.7 Å². The van der Waals surface area contributed by atoms with Crippen molar-refractivity contribution in [3.63, 3.8) is 0 Å². The summed E-state index contributed by atoms with van der Waals surface area (Å²) in [5, 5.41) is 4.21. The average molecular weight is 366 g/mol. The molecule has 1 amide bonds. The van der Waals surface area contributed by atoms with Crippen molar-refractivity contribution in [3.05, 3.63) is 57.9 Å². The van der Waals surface area contributed by atoms with Crippen molar-refractivity contribution >= 4 is 12.1 Å². The summed E-state index contributed by atoms with van der Waals surface area (Å²) in [6.07, 6.45) is 8.65. The lowest BCUT2D eigenvalue weighted by Crippen LogP contribution is -2.20. The number of hydrogen-bond donors (Lipinski definition) is 1. The largest absolute Gasteiger partial charge is 0.345 e. The van der Waals surface area contributed by atoms with Gasteiger partial charge in [-0.2, -0.15) is 5.10 Å². The maximum atomic E-state index is 12.2.